The van der Waals surface area contributed by atoms with Gasteiger partial charge in [-0.1, -0.05) is 97.1 Å². The van der Waals surface area contributed by atoms with E-state index in [-0.39, 0.29) is 6.10 Å². The molecule has 3 N–H and O–H groups in total. The second-order valence-corrected chi connectivity index (χ2v) is 10.3. The van der Waals surface area contributed by atoms with Gasteiger partial charge in [-0.2, -0.15) is 0 Å². The molecule has 1 aliphatic rings. The summed E-state index contributed by atoms with van der Waals surface area (Å²) in [6, 6.07) is 34.3. The number of hydrogen-bond donors (Lipinski definition) is 2. The zero-order chi connectivity index (χ0) is 27.8. The van der Waals surface area contributed by atoms with E-state index >= 15 is 0 Å². The molecule has 1 aliphatic heterocycles. The molecule has 0 aliphatic carbocycles. The average molecular weight is 537 g/mol. The molecule has 0 saturated carbocycles. The van der Waals surface area contributed by atoms with Crippen LogP contribution in [-0.4, -0.2) is 35.2 Å². The quantitative estimate of drug-likeness (QED) is 0.272. The van der Waals surface area contributed by atoms with E-state index in [1.54, 1.807) is 42.5 Å². The number of carbonyl (C=O) groups is 1. The molecule has 1 saturated heterocycles. The number of aliphatic hydroxyl groups is 1. The van der Waals surface area contributed by atoms with Crippen LogP contribution in [0, 0.1) is 0 Å². The highest BCUT2D eigenvalue weighted by Crippen LogP contribution is 2.34. The second kappa shape index (κ2) is 12.9. The minimum atomic E-state index is -1.97. The minimum Gasteiger partial charge on any atom is -0.489 e. The number of hydrogen-bond acceptors (Lipinski definition) is 6. The summed E-state index contributed by atoms with van der Waals surface area (Å²) in [6.45, 7) is 3.37. The molecule has 0 unspecified atom stereocenters. The van der Waals surface area contributed by atoms with Gasteiger partial charge in [-0.25, -0.2) is 4.79 Å². The van der Waals surface area contributed by atoms with Crippen LogP contribution in [0.25, 0.3) is 0 Å². The highest BCUT2D eigenvalue weighted by atomic mass is 16.6. The summed E-state index contributed by atoms with van der Waals surface area (Å²) in [4.78, 5) is 16.1. The number of piperidine rings is 1. The van der Waals surface area contributed by atoms with Crippen molar-refractivity contribution >= 4 is 5.97 Å². The Morgan fingerprint density at radius 3 is 2.10 bits per heavy atom. The number of benzene rings is 4. The van der Waals surface area contributed by atoms with Crippen LogP contribution < -0.4 is 10.5 Å². The Kier molecular flexibility index (Phi) is 8.91. The molecule has 0 spiro atoms. The number of carbonyl (C=O) groups excluding carboxylic acids is 1. The third kappa shape index (κ3) is 6.59. The normalized spacial score (nSPS) is 15.8. The molecular formula is C34H36N2O4. The highest BCUT2D eigenvalue weighted by molar-refractivity contribution is 5.85. The standard InChI is InChI=1S/C34H36N2O4/c35-23-26-14-16-28(17-15-26)25-39-32-13-7-12-30(22-32)34(38,29-10-5-2-6-11-29)33(37)40-31-18-20-36(21-19-31)24-27-8-3-1-4-9-27/h1-17,22,31,38H,18-21,23-25,35H2/t34-/m0/s1. The van der Waals surface area contributed by atoms with Crippen molar-refractivity contribution in [3.05, 3.63) is 137 Å². The SMILES string of the molecule is NCc1ccc(COc2cccc([C@](O)(C(=O)OC3CCN(Cc4ccccc4)CC3)c3ccccc3)c2)cc1. The molecule has 0 radical (unpaired) electrons. The highest BCUT2D eigenvalue weighted by Gasteiger charge is 2.43. The molecule has 0 amide bonds. The second-order valence-electron chi connectivity index (χ2n) is 10.3. The van der Waals surface area contributed by atoms with Crippen molar-refractivity contribution in [3.63, 3.8) is 0 Å². The van der Waals surface area contributed by atoms with E-state index in [1.807, 2.05) is 54.6 Å². The van der Waals surface area contributed by atoms with Crippen LogP contribution in [0.1, 0.15) is 40.7 Å². The summed E-state index contributed by atoms with van der Waals surface area (Å²) in [5, 5.41) is 12.0. The maximum absolute atomic E-state index is 13.7. The van der Waals surface area contributed by atoms with E-state index in [4.69, 9.17) is 15.2 Å². The fourth-order valence-corrected chi connectivity index (χ4v) is 5.09. The summed E-state index contributed by atoms with van der Waals surface area (Å²) >= 11 is 0. The molecule has 1 heterocycles. The lowest BCUT2D eigenvalue weighted by atomic mass is 9.86. The molecule has 6 heteroatoms. The van der Waals surface area contributed by atoms with Crippen molar-refractivity contribution in [1.29, 1.82) is 0 Å². The minimum absolute atomic E-state index is 0.259. The first-order chi connectivity index (χ1) is 19.5. The zero-order valence-corrected chi connectivity index (χ0v) is 22.6. The topological polar surface area (TPSA) is 85.0 Å². The summed E-state index contributed by atoms with van der Waals surface area (Å²) in [5.74, 6) is -0.119. The van der Waals surface area contributed by atoms with Crippen LogP contribution in [0.5, 0.6) is 5.75 Å². The van der Waals surface area contributed by atoms with Gasteiger partial charge in [-0.3, -0.25) is 4.90 Å². The molecule has 4 aromatic rings. The van der Waals surface area contributed by atoms with Gasteiger partial charge in [-0.05, 0) is 47.2 Å². The molecule has 0 aromatic heterocycles. The maximum atomic E-state index is 13.7. The van der Waals surface area contributed by atoms with Gasteiger partial charge in [0.2, 0.25) is 5.60 Å². The Bertz CT molecular complexity index is 1370. The van der Waals surface area contributed by atoms with Gasteiger partial charge in [0, 0.05) is 31.7 Å². The molecule has 1 atom stereocenters. The van der Waals surface area contributed by atoms with Gasteiger partial charge in [0.15, 0.2) is 0 Å². The zero-order valence-electron chi connectivity index (χ0n) is 22.6. The van der Waals surface area contributed by atoms with Gasteiger partial charge in [-0.15, -0.1) is 0 Å². The van der Waals surface area contributed by atoms with Crippen molar-refractivity contribution < 1.29 is 19.4 Å². The lowest BCUT2D eigenvalue weighted by Crippen LogP contribution is -2.43. The molecule has 206 valence electrons. The maximum Gasteiger partial charge on any atom is 0.347 e. The first-order valence-electron chi connectivity index (χ1n) is 13.8. The summed E-state index contributed by atoms with van der Waals surface area (Å²) in [7, 11) is 0. The van der Waals surface area contributed by atoms with Crippen LogP contribution in [0.2, 0.25) is 0 Å². The Hall–Kier alpha value is -3.97. The lowest BCUT2D eigenvalue weighted by molar-refractivity contribution is -0.170. The Balaban J connectivity index is 1.29. The van der Waals surface area contributed by atoms with Crippen molar-refractivity contribution in [2.45, 2.75) is 44.2 Å². The van der Waals surface area contributed by atoms with Gasteiger partial charge in [0.1, 0.15) is 18.5 Å². The smallest absolute Gasteiger partial charge is 0.347 e. The van der Waals surface area contributed by atoms with Crippen molar-refractivity contribution in [2.24, 2.45) is 5.73 Å². The van der Waals surface area contributed by atoms with Gasteiger partial charge < -0.3 is 20.3 Å². The number of likely N-dealkylation sites (tertiary alicyclic amines) is 1. The van der Waals surface area contributed by atoms with Crippen LogP contribution in [0.3, 0.4) is 0 Å². The van der Waals surface area contributed by atoms with Crippen molar-refractivity contribution in [3.8, 4) is 5.75 Å². The predicted molar refractivity (Wildman–Crippen MR) is 155 cm³/mol. The molecule has 1 fully saturated rings. The van der Waals surface area contributed by atoms with Crippen molar-refractivity contribution in [2.75, 3.05) is 13.1 Å². The molecule has 40 heavy (non-hydrogen) atoms. The van der Waals surface area contributed by atoms with Crippen LogP contribution in [0.4, 0.5) is 0 Å². The van der Waals surface area contributed by atoms with Gasteiger partial charge >= 0.3 is 5.97 Å². The molecule has 5 rings (SSSR count). The Labute approximate surface area is 236 Å². The number of esters is 1. The summed E-state index contributed by atoms with van der Waals surface area (Å²) < 4.78 is 12.0. The molecule has 4 aromatic carbocycles. The van der Waals surface area contributed by atoms with E-state index in [2.05, 4.69) is 17.0 Å². The van der Waals surface area contributed by atoms with E-state index in [9.17, 15) is 9.90 Å². The Morgan fingerprint density at radius 2 is 1.43 bits per heavy atom. The molecule has 0 bridgehead atoms. The van der Waals surface area contributed by atoms with E-state index in [0.29, 0.717) is 30.0 Å². The summed E-state index contributed by atoms with van der Waals surface area (Å²) in [6.07, 6.45) is 1.18. The van der Waals surface area contributed by atoms with Crippen LogP contribution in [-0.2, 0) is 34.8 Å². The van der Waals surface area contributed by atoms with E-state index < -0.39 is 11.6 Å². The fourth-order valence-electron chi connectivity index (χ4n) is 5.09. The fraction of sp³-hybridized carbons (Fsp3) is 0.265. The summed E-state index contributed by atoms with van der Waals surface area (Å²) in [5.41, 5.74) is 7.91. The van der Waals surface area contributed by atoms with E-state index in [1.165, 1.54) is 5.56 Å². The van der Waals surface area contributed by atoms with E-state index in [0.717, 1.165) is 43.6 Å². The first-order valence-corrected chi connectivity index (χ1v) is 13.8. The number of ether oxygens (including phenoxy) is 2. The molecule has 6 nitrogen and oxygen atoms in total. The van der Waals surface area contributed by atoms with Gasteiger partial charge in [0.05, 0.1) is 0 Å². The number of rotatable bonds is 10. The number of nitrogens with two attached hydrogens (primary N) is 1. The average Bonchev–Trinajstić information content (AvgIpc) is 3.02. The number of nitrogens with zero attached hydrogens (tertiary/aromatic N) is 1. The first kappa shape index (κ1) is 27.6. The third-order valence-corrected chi connectivity index (χ3v) is 7.46. The van der Waals surface area contributed by atoms with Gasteiger partial charge in [0.25, 0.3) is 0 Å². The third-order valence-electron chi connectivity index (χ3n) is 7.46. The van der Waals surface area contributed by atoms with Crippen LogP contribution in [0.15, 0.2) is 109 Å². The monoisotopic (exact) mass is 536 g/mol. The largest absolute Gasteiger partial charge is 0.489 e. The Morgan fingerprint density at radius 1 is 0.800 bits per heavy atom. The lowest BCUT2D eigenvalue weighted by Gasteiger charge is -2.34. The molecular weight excluding hydrogens is 500 g/mol. The predicted octanol–water partition coefficient (Wildman–Crippen LogP) is 5.17. The van der Waals surface area contributed by atoms with Crippen LogP contribution >= 0.6 is 0 Å². The van der Waals surface area contributed by atoms with Crippen molar-refractivity contribution in [1.82, 2.24) is 4.90 Å².